The van der Waals surface area contributed by atoms with Gasteiger partial charge in [-0.05, 0) is 18.2 Å². The Morgan fingerprint density at radius 1 is 1.50 bits per heavy atom. The summed E-state index contributed by atoms with van der Waals surface area (Å²) in [5, 5.41) is 10.9. The Bertz CT molecular complexity index is 446. The van der Waals surface area contributed by atoms with Gasteiger partial charge in [0, 0.05) is 24.1 Å². The van der Waals surface area contributed by atoms with Gasteiger partial charge < -0.3 is 5.32 Å². The molecule has 0 aliphatic heterocycles. The molecule has 1 rings (SSSR count). The third-order valence-corrected chi connectivity index (χ3v) is 1.45. The topological polar surface area (TPSA) is 52.9 Å². The average Bonchev–Trinajstić information content (AvgIpc) is 2.14. The molecule has 0 saturated carbocycles. The molecule has 0 bridgehead atoms. The first-order valence-corrected chi connectivity index (χ1v) is 4.00. The third kappa shape index (κ3) is 3.00. The lowest BCUT2D eigenvalue weighted by Gasteiger charge is -2.00. The van der Waals surface area contributed by atoms with Gasteiger partial charge in [-0.2, -0.15) is 5.26 Å². The summed E-state index contributed by atoms with van der Waals surface area (Å²) in [7, 11) is 0. The average molecular weight is 184 g/mol. The van der Waals surface area contributed by atoms with E-state index in [1.807, 2.05) is 0 Å². The van der Waals surface area contributed by atoms with E-state index in [0.29, 0.717) is 11.3 Å². The van der Waals surface area contributed by atoms with Gasteiger partial charge in [0.05, 0.1) is 0 Å². The summed E-state index contributed by atoms with van der Waals surface area (Å²) in [6.45, 7) is 1.44. The summed E-state index contributed by atoms with van der Waals surface area (Å²) in [4.78, 5) is 10.7. The number of rotatable bonds is 1. The second-order valence-corrected chi connectivity index (χ2v) is 2.62. The van der Waals surface area contributed by atoms with Crippen LogP contribution in [0, 0.1) is 23.2 Å². The smallest absolute Gasteiger partial charge is 0.221 e. The molecule has 1 aromatic carbocycles. The van der Waals surface area contributed by atoms with Crippen LogP contribution in [0.5, 0.6) is 0 Å². The van der Waals surface area contributed by atoms with Gasteiger partial charge >= 0.3 is 0 Å². The lowest BCUT2D eigenvalue weighted by Crippen LogP contribution is -2.05. The van der Waals surface area contributed by atoms with Crippen molar-refractivity contribution in [1.82, 2.24) is 0 Å². The van der Waals surface area contributed by atoms with Gasteiger partial charge in [0.25, 0.3) is 0 Å². The van der Waals surface area contributed by atoms with E-state index >= 15 is 0 Å². The quantitative estimate of drug-likeness (QED) is 0.673. The van der Waals surface area contributed by atoms with Crippen LogP contribution in [0.4, 0.5) is 5.69 Å². The van der Waals surface area contributed by atoms with Crippen LogP contribution in [0.2, 0.25) is 0 Å². The number of anilines is 1. The van der Waals surface area contributed by atoms with Crippen molar-refractivity contribution in [3.63, 3.8) is 0 Å². The van der Waals surface area contributed by atoms with E-state index in [0.717, 1.165) is 0 Å². The van der Waals surface area contributed by atoms with E-state index in [9.17, 15) is 4.79 Å². The van der Waals surface area contributed by atoms with Crippen molar-refractivity contribution < 1.29 is 4.79 Å². The number of amides is 1. The maximum atomic E-state index is 10.7. The highest BCUT2D eigenvalue weighted by Crippen LogP contribution is 2.09. The fourth-order valence-electron chi connectivity index (χ4n) is 0.978. The molecule has 1 aromatic rings. The van der Waals surface area contributed by atoms with Crippen LogP contribution in [0.25, 0.3) is 0 Å². The molecular weight excluding hydrogens is 176 g/mol. The number of carbonyl (C=O) groups is 1. The fourth-order valence-corrected chi connectivity index (χ4v) is 0.978. The van der Waals surface area contributed by atoms with Crippen molar-refractivity contribution >= 4 is 11.6 Å². The molecule has 0 aliphatic rings. The molecule has 0 unspecified atom stereocenters. The molecule has 3 nitrogen and oxygen atoms in total. The zero-order valence-electron chi connectivity index (χ0n) is 7.66. The maximum absolute atomic E-state index is 10.7. The Labute approximate surface area is 82.4 Å². The molecule has 0 aliphatic carbocycles. The van der Waals surface area contributed by atoms with Crippen molar-refractivity contribution in [1.29, 1.82) is 5.26 Å². The van der Waals surface area contributed by atoms with Crippen molar-refractivity contribution in [3.8, 4) is 17.9 Å². The minimum absolute atomic E-state index is 0.129. The van der Waals surface area contributed by atoms with Crippen molar-refractivity contribution in [2.75, 3.05) is 5.32 Å². The second kappa shape index (κ2) is 4.69. The standard InChI is InChI=1S/C11H8N2O/c1-9(14)13-11-6-2-4-10(8-11)5-3-7-12/h2,4,6,8H,1H3,(H,13,14). The van der Waals surface area contributed by atoms with E-state index in [2.05, 4.69) is 17.2 Å². The first-order valence-electron chi connectivity index (χ1n) is 4.00. The van der Waals surface area contributed by atoms with Crippen LogP contribution < -0.4 is 5.32 Å². The van der Waals surface area contributed by atoms with Gasteiger partial charge in [0.1, 0.15) is 0 Å². The summed E-state index contributed by atoms with van der Waals surface area (Å²) in [6, 6.07) is 8.75. The largest absolute Gasteiger partial charge is 0.326 e. The second-order valence-electron chi connectivity index (χ2n) is 2.62. The van der Waals surface area contributed by atoms with Gasteiger partial charge in [-0.1, -0.05) is 12.0 Å². The molecule has 0 radical (unpaired) electrons. The minimum Gasteiger partial charge on any atom is -0.326 e. The van der Waals surface area contributed by atoms with Crippen LogP contribution in [-0.4, -0.2) is 5.91 Å². The maximum Gasteiger partial charge on any atom is 0.221 e. The van der Waals surface area contributed by atoms with Gasteiger partial charge in [0.15, 0.2) is 6.07 Å². The van der Waals surface area contributed by atoms with Crippen LogP contribution in [-0.2, 0) is 4.79 Å². The number of carbonyl (C=O) groups excluding carboxylic acids is 1. The van der Waals surface area contributed by atoms with E-state index in [4.69, 9.17) is 5.26 Å². The third-order valence-electron chi connectivity index (χ3n) is 1.45. The number of hydrogen-bond donors (Lipinski definition) is 1. The summed E-state index contributed by atoms with van der Waals surface area (Å²) in [5.74, 6) is 4.80. The summed E-state index contributed by atoms with van der Waals surface area (Å²) in [6.07, 6.45) is 0. The minimum atomic E-state index is -0.129. The van der Waals surface area contributed by atoms with Crippen LogP contribution in [0.3, 0.4) is 0 Å². The van der Waals surface area contributed by atoms with Crippen molar-refractivity contribution in [2.45, 2.75) is 6.92 Å². The fraction of sp³-hybridized carbons (Fsp3) is 0.0909. The molecule has 14 heavy (non-hydrogen) atoms. The number of nitrogens with one attached hydrogen (secondary N) is 1. The number of nitriles is 1. The van der Waals surface area contributed by atoms with Gasteiger partial charge in [-0.3, -0.25) is 4.79 Å². The Balaban J connectivity index is 2.90. The Morgan fingerprint density at radius 2 is 2.29 bits per heavy atom. The molecule has 0 spiro atoms. The SMILES string of the molecule is CC(=O)Nc1cccc(C#CC#N)c1. The van der Waals surface area contributed by atoms with Gasteiger partial charge in [-0.15, -0.1) is 0 Å². The van der Waals surface area contributed by atoms with Crippen LogP contribution in [0.1, 0.15) is 12.5 Å². The van der Waals surface area contributed by atoms with E-state index in [1.54, 1.807) is 30.3 Å². The zero-order valence-corrected chi connectivity index (χ0v) is 7.66. The molecule has 0 saturated heterocycles. The van der Waals surface area contributed by atoms with Crippen LogP contribution in [0.15, 0.2) is 24.3 Å². The molecule has 68 valence electrons. The highest BCUT2D eigenvalue weighted by atomic mass is 16.1. The Morgan fingerprint density at radius 3 is 2.93 bits per heavy atom. The van der Waals surface area contributed by atoms with E-state index in [1.165, 1.54) is 6.92 Å². The predicted molar refractivity (Wildman–Crippen MR) is 53.2 cm³/mol. The van der Waals surface area contributed by atoms with E-state index in [-0.39, 0.29) is 5.91 Å². The number of nitrogens with zero attached hydrogens (tertiary/aromatic N) is 1. The van der Waals surface area contributed by atoms with Gasteiger partial charge in [-0.25, -0.2) is 0 Å². The number of hydrogen-bond acceptors (Lipinski definition) is 2. The first kappa shape index (κ1) is 9.83. The molecule has 0 fully saturated rings. The summed E-state index contributed by atoms with van der Waals surface area (Å²) >= 11 is 0. The molecule has 0 heterocycles. The lowest BCUT2D eigenvalue weighted by molar-refractivity contribution is -0.114. The zero-order chi connectivity index (χ0) is 10.4. The molecular formula is C11H8N2O. The number of benzene rings is 1. The predicted octanol–water partition coefficient (Wildman–Crippen LogP) is 1.52. The Kier molecular flexibility index (Phi) is 3.29. The van der Waals surface area contributed by atoms with Crippen molar-refractivity contribution in [2.24, 2.45) is 0 Å². The Hall–Kier alpha value is -2.26. The molecule has 0 atom stereocenters. The molecule has 0 aromatic heterocycles. The molecule has 1 N–H and O–H groups in total. The summed E-state index contributed by atoms with van der Waals surface area (Å²) < 4.78 is 0. The van der Waals surface area contributed by atoms with Crippen LogP contribution >= 0.6 is 0 Å². The van der Waals surface area contributed by atoms with E-state index < -0.39 is 0 Å². The lowest BCUT2D eigenvalue weighted by atomic mass is 10.2. The molecule has 3 heteroatoms. The monoisotopic (exact) mass is 184 g/mol. The highest BCUT2D eigenvalue weighted by Gasteiger charge is 1.94. The normalized spacial score (nSPS) is 8.00. The molecule has 1 amide bonds. The first-order chi connectivity index (χ1) is 6.72. The van der Waals surface area contributed by atoms with Crippen molar-refractivity contribution in [3.05, 3.63) is 29.8 Å². The highest BCUT2D eigenvalue weighted by molar-refractivity contribution is 5.88. The van der Waals surface area contributed by atoms with Gasteiger partial charge in [0.2, 0.25) is 5.91 Å². The summed E-state index contributed by atoms with van der Waals surface area (Å²) in [5.41, 5.74) is 1.39.